The molecule has 0 fully saturated rings. The second kappa shape index (κ2) is 17.3. The van der Waals surface area contributed by atoms with E-state index in [0.29, 0.717) is 23.9 Å². The second-order valence-electron chi connectivity index (χ2n) is 10.9. The highest BCUT2D eigenvalue weighted by Gasteiger charge is 2.34. The molecule has 0 unspecified atom stereocenters. The molecule has 8 nitrogen and oxygen atoms in total. The molecule has 0 spiro atoms. The van der Waals surface area contributed by atoms with Gasteiger partial charge in [0.2, 0.25) is 11.8 Å². The maximum atomic E-state index is 14.6. The molecule has 0 saturated heterocycles. The van der Waals surface area contributed by atoms with Crippen LogP contribution in [0.3, 0.4) is 0 Å². The molecule has 0 aliphatic carbocycles. The van der Waals surface area contributed by atoms with Gasteiger partial charge in [-0.1, -0.05) is 83.3 Å². The predicted molar refractivity (Wildman–Crippen MR) is 190 cm³/mol. The van der Waals surface area contributed by atoms with Gasteiger partial charge in [0.1, 0.15) is 18.3 Å². The van der Waals surface area contributed by atoms with E-state index >= 15 is 0 Å². The normalized spacial score (nSPS) is 11.8. The zero-order valence-electron chi connectivity index (χ0n) is 26.4. The fourth-order valence-corrected chi connectivity index (χ4v) is 6.79. The number of carbonyl (C=O) groups is 2. The summed E-state index contributed by atoms with van der Waals surface area (Å²) in [7, 11) is -4.25. The minimum atomic E-state index is -4.25. The molecule has 0 bridgehead atoms. The lowest BCUT2D eigenvalue weighted by molar-refractivity contribution is -0.140. The van der Waals surface area contributed by atoms with Gasteiger partial charge in [0, 0.05) is 29.0 Å². The van der Waals surface area contributed by atoms with E-state index in [1.54, 1.807) is 24.3 Å². The molecule has 0 aromatic heterocycles. The van der Waals surface area contributed by atoms with Crippen molar-refractivity contribution in [3.63, 3.8) is 0 Å². The molecular formula is C36H39BrClN3O5S. The van der Waals surface area contributed by atoms with Gasteiger partial charge in [-0.15, -0.1) is 0 Å². The summed E-state index contributed by atoms with van der Waals surface area (Å²) in [5.74, 6) is -0.276. The van der Waals surface area contributed by atoms with Crippen LogP contribution in [-0.4, -0.2) is 50.9 Å². The average molecular weight is 741 g/mol. The third kappa shape index (κ3) is 10.1. The summed E-state index contributed by atoms with van der Waals surface area (Å²) in [5, 5.41) is 3.38. The number of unbranched alkanes of at least 4 members (excludes halogenated alkanes) is 1. The Kier molecular flexibility index (Phi) is 13.3. The molecule has 248 valence electrons. The smallest absolute Gasteiger partial charge is 0.264 e. The molecule has 1 N–H and O–H groups in total. The number of halogens is 2. The zero-order chi connectivity index (χ0) is 33.8. The fraction of sp³-hybridized carbons (Fsp3) is 0.278. The molecule has 0 aliphatic rings. The molecule has 0 radical (unpaired) electrons. The van der Waals surface area contributed by atoms with Crippen molar-refractivity contribution in [3.8, 4) is 5.75 Å². The van der Waals surface area contributed by atoms with Crippen LogP contribution in [0.4, 0.5) is 5.69 Å². The zero-order valence-corrected chi connectivity index (χ0v) is 29.6. The third-order valence-electron chi connectivity index (χ3n) is 7.48. The molecule has 4 aromatic carbocycles. The van der Waals surface area contributed by atoms with Crippen LogP contribution in [-0.2, 0) is 32.6 Å². The standard InChI is InChI=1S/C36H39BrClN3O5S/c1-3-5-23-39-36(43)34(24-27-9-7-6-8-10-27)40(25-28-11-13-29(37)14-12-28)35(42)26-41(31-17-19-32(20-18-31)46-4-2)47(44,45)33-21-15-30(38)16-22-33/h6-22,34H,3-5,23-26H2,1-2H3,(H,39,43)/t34-/m1/s1. The first-order valence-corrected chi connectivity index (χ1v) is 18.1. The summed E-state index contributed by atoms with van der Waals surface area (Å²) in [6.45, 7) is 4.33. The Hall–Kier alpha value is -3.86. The second-order valence-corrected chi connectivity index (χ2v) is 14.1. The number of ether oxygens (including phenoxy) is 1. The van der Waals surface area contributed by atoms with Gasteiger partial charge < -0.3 is 15.0 Å². The molecule has 4 rings (SSSR count). The minimum Gasteiger partial charge on any atom is -0.494 e. The Morgan fingerprint density at radius 2 is 1.53 bits per heavy atom. The number of rotatable bonds is 16. The summed E-state index contributed by atoms with van der Waals surface area (Å²) in [6.07, 6.45) is 1.92. The van der Waals surface area contributed by atoms with Gasteiger partial charge in [-0.3, -0.25) is 13.9 Å². The molecule has 1 atom stereocenters. The Morgan fingerprint density at radius 3 is 2.15 bits per heavy atom. The predicted octanol–water partition coefficient (Wildman–Crippen LogP) is 7.25. The Morgan fingerprint density at radius 1 is 0.872 bits per heavy atom. The quantitative estimate of drug-likeness (QED) is 0.122. The third-order valence-corrected chi connectivity index (χ3v) is 10.1. The van der Waals surface area contributed by atoms with Crippen molar-refractivity contribution in [2.75, 3.05) is 24.0 Å². The Bertz CT molecular complexity index is 1700. The van der Waals surface area contributed by atoms with E-state index in [1.165, 1.54) is 29.2 Å². The topological polar surface area (TPSA) is 96.0 Å². The number of carbonyl (C=O) groups excluding carboxylic acids is 2. The molecule has 4 aromatic rings. The van der Waals surface area contributed by atoms with Crippen molar-refractivity contribution in [2.45, 2.75) is 50.6 Å². The van der Waals surface area contributed by atoms with Crippen LogP contribution in [0, 0.1) is 0 Å². The summed E-state index contributed by atoms with van der Waals surface area (Å²) in [4.78, 5) is 29.9. The van der Waals surface area contributed by atoms with Crippen LogP contribution < -0.4 is 14.4 Å². The molecular weight excluding hydrogens is 702 g/mol. The first-order valence-electron chi connectivity index (χ1n) is 15.5. The lowest BCUT2D eigenvalue weighted by Gasteiger charge is -2.34. The lowest BCUT2D eigenvalue weighted by Crippen LogP contribution is -2.53. The summed E-state index contributed by atoms with van der Waals surface area (Å²) < 4.78 is 35.9. The highest BCUT2D eigenvalue weighted by atomic mass is 79.9. The Balaban J connectivity index is 1.78. The monoisotopic (exact) mass is 739 g/mol. The van der Waals surface area contributed by atoms with E-state index in [4.69, 9.17) is 16.3 Å². The molecule has 0 saturated carbocycles. The van der Waals surface area contributed by atoms with Crippen molar-refractivity contribution >= 4 is 55.1 Å². The number of sulfonamides is 1. The van der Waals surface area contributed by atoms with Crippen LogP contribution in [0.1, 0.15) is 37.8 Å². The van der Waals surface area contributed by atoms with E-state index in [-0.39, 0.29) is 29.5 Å². The van der Waals surface area contributed by atoms with Gasteiger partial charge in [0.15, 0.2) is 0 Å². The van der Waals surface area contributed by atoms with Crippen molar-refractivity contribution in [1.29, 1.82) is 0 Å². The van der Waals surface area contributed by atoms with Crippen molar-refractivity contribution < 1.29 is 22.7 Å². The van der Waals surface area contributed by atoms with Gasteiger partial charge in [-0.25, -0.2) is 8.42 Å². The van der Waals surface area contributed by atoms with Crippen LogP contribution in [0.25, 0.3) is 0 Å². The number of hydrogen-bond donors (Lipinski definition) is 1. The maximum Gasteiger partial charge on any atom is 0.264 e. The maximum absolute atomic E-state index is 14.6. The SMILES string of the molecule is CCCCNC(=O)[C@@H](Cc1ccccc1)N(Cc1ccc(Br)cc1)C(=O)CN(c1ccc(OCC)cc1)S(=O)(=O)c1ccc(Cl)cc1. The van der Waals surface area contributed by atoms with Gasteiger partial charge in [-0.05, 0) is 85.1 Å². The Labute approximate surface area is 290 Å². The van der Waals surface area contributed by atoms with Crippen LogP contribution in [0.2, 0.25) is 5.02 Å². The molecule has 2 amide bonds. The van der Waals surface area contributed by atoms with E-state index in [9.17, 15) is 18.0 Å². The molecule has 47 heavy (non-hydrogen) atoms. The average Bonchev–Trinajstić information content (AvgIpc) is 3.07. The van der Waals surface area contributed by atoms with Gasteiger partial charge >= 0.3 is 0 Å². The number of hydrogen-bond acceptors (Lipinski definition) is 5. The van der Waals surface area contributed by atoms with Crippen LogP contribution in [0.15, 0.2) is 112 Å². The van der Waals surface area contributed by atoms with Gasteiger partial charge in [0.25, 0.3) is 10.0 Å². The molecule has 0 heterocycles. The first-order chi connectivity index (χ1) is 22.6. The van der Waals surface area contributed by atoms with E-state index < -0.39 is 28.5 Å². The largest absolute Gasteiger partial charge is 0.494 e. The first kappa shape index (κ1) is 36.0. The summed E-state index contributed by atoms with van der Waals surface area (Å²) >= 11 is 9.53. The van der Waals surface area contributed by atoms with E-state index in [0.717, 1.165) is 32.7 Å². The van der Waals surface area contributed by atoms with Crippen LogP contribution >= 0.6 is 27.5 Å². The highest BCUT2D eigenvalue weighted by molar-refractivity contribution is 9.10. The molecule has 11 heteroatoms. The number of amides is 2. The fourth-order valence-electron chi connectivity index (χ4n) is 4.98. The number of nitrogens with one attached hydrogen (secondary N) is 1. The van der Waals surface area contributed by atoms with E-state index in [2.05, 4.69) is 21.2 Å². The van der Waals surface area contributed by atoms with Crippen molar-refractivity contribution in [2.24, 2.45) is 0 Å². The summed E-state index contributed by atoms with van der Waals surface area (Å²) in [6, 6.07) is 28.3. The van der Waals surface area contributed by atoms with Gasteiger partial charge in [0.05, 0.1) is 17.2 Å². The lowest BCUT2D eigenvalue weighted by atomic mass is 10.0. The van der Waals surface area contributed by atoms with E-state index in [1.807, 2.05) is 68.4 Å². The van der Waals surface area contributed by atoms with Gasteiger partial charge in [-0.2, -0.15) is 0 Å². The highest BCUT2D eigenvalue weighted by Crippen LogP contribution is 2.28. The summed E-state index contributed by atoms with van der Waals surface area (Å²) in [5.41, 5.74) is 1.93. The number of anilines is 1. The number of nitrogens with zero attached hydrogens (tertiary/aromatic N) is 2. The van der Waals surface area contributed by atoms with Crippen molar-refractivity contribution in [1.82, 2.24) is 10.2 Å². The van der Waals surface area contributed by atoms with Crippen LogP contribution in [0.5, 0.6) is 5.75 Å². The van der Waals surface area contributed by atoms with Crippen molar-refractivity contribution in [3.05, 3.63) is 124 Å². The molecule has 0 aliphatic heterocycles. The number of benzene rings is 4. The minimum absolute atomic E-state index is 0.0267.